The summed E-state index contributed by atoms with van der Waals surface area (Å²) in [6.07, 6.45) is 16.1. The van der Waals surface area contributed by atoms with Gasteiger partial charge in [0.05, 0.1) is 0 Å². The Labute approximate surface area is 205 Å². The third-order valence-electron chi connectivity index (χ3n) is 6.53. The van der Waals surface area contributed by atoms with Crippen molar-refractivity contribution in [2.75, 3.05) is 0 Å². The highest BCUT2D eigenvalue weighted by atomic mass is 14.9. The third kappa shape index (κ3) is 6.87. The van der Waals surface area contributed by atoms with Gasteiger partial charge in [0.2, 0.25) is 0 Å². The average Bonchev–Trinajstić information content (AvgIpc) is 2.89. The average molecular weight is 451 g/mol. The molecule has 174 valence electrons. The summed E-state index contributed by atoms with van der Waals surface area (Å²) in [6.45, 7) is 6.30. The van der Waals surface area contributed by atoms with E-state index >= 15 is 0 Å². The van der Waals surface area contributed by atoms with Crippen LogP contribution in [-0.2, 0) is 25.9 Å². The molecule has 0 spiro atoms. The molecule has 2 heteroatoms. The lowest BCUT2D eigenvalue weighted by Gasteiger charge is -2.04. The van der Waals surface area contributed by atoms with Crippen LogP contribution in [0.5, 0.6) is 0 Å². The summed E-state index contributed by atoms with van der Waals surface area (Å²) in [5.41, 5.74) is 8.07. The van der Waals surface area contributed by atoms with E-state index < -0.39 is 0 Å². The predicted octanol–water partition coefficient (Wildman–Crippen LogP) is 6.71. The first-order chi connectivity index (χ1) is 16.7. The molecule has 0 saturated heterocycles. The SMILES string of the molecule is CCCCc1ccc(C[n+]2ccc(-c3cc[n+](Cc4ccc(CCCC)cc4)cc3)cc2)cc1. The van der Waals surface area contributed by atoms with E-state index in [4.69, 9.17) is 0 Å². The first-order valence-corrected chi connectivity index (χ1v) is 12.9. The standard InChI is InChI=1S/C32H38N2/c1-3-5-7-27-9-13-29(14-10-27)25-33-21-17-31(18-22-33)32-19-23-34(24-20-32)26-30-15-11-28(12-16-30)8-6-4-2/h9-24H,3-8,25-26H2,1-2H3/q+2. The number of rotatable bonds is 11. The van der Waals surface area contributed by atoms with Crippen LogP contribution in [0.2, 0.25) is 0 Å². The molecule has 4 aromatic rings. The minimum absolute atomic E-state index is 0.903. The van der Waals surface area contributed by atoms with E-state index in [2.05, 4.69) is 121 Å². The van der Waals surface area contributed by atoms with Crippen molar-refractivity contribution in [2.24, 2.45) is 0 Å². The van der Waals surface area contributed by atoms with E-state index in [-0.39, 0.29) is 0 Å². The van der Waals surface area contributed by atoms with Crippen LogP contribution >= 0.6 is 0 Å². The lowest BCUT2D eigenvalue weighted by Crippen LogP contribution is -2.33. The summed E-state index contributed by atoms with van der Waals surface area (Å²) < 4.78 is 4.50. The van der Waals surface area contributed by atoms with E-state index in [1.54, 1.807) is 0 Å². The van der Waals surface area contributed by atoms with E-state index in [9.17, 15) is 0 Å². The second kappa shape index (κ2) is 12.3. The highest BCUT2D eigenvalue weighted by Gasteiger charge is 2.08. The minimum Gasteiger partial charge on any atom is -0.201 e. The van der Waals surface area contributed by atoms with Gasteiger partial charge in [-0.2, -0.15) is 0 Å². The Hall–Kier alpha value is -3.26. The molecule has 0 amide bonds. The van der Waals surface area contributed by atoms with Gasteiger partial charge >= 0.3 is 0 Å². The fraction of sp³-hybridized carbons (Fsp3) is 0.312. The van der Waals surface area contributed by atoms with Crippen LogP contribution in [0.1, 0.15) is 61.8 Å². The van der Waals surface area contributed by atoms with Crippen molar-refractivity contribution in [1.82, 2.24) is 0 Å². The van der Waals surface area contributed by atoms with Gasteiger partial charge in [-0.15, -0.1) is 0 Å². The van der Waals surface area contributed by atoms with Crippen LogP contribution in [-0.4, -0.2) is 0 Å². The smallest absolute Gasteiger partial charge is 0.173 e. The Morgan fingerprint density at radius 3 is 1.09 bits per heavy atom. The van der Waals surface area contributed by atoms with Crippen molar-refractivity contribution >= 4 is 0 Å². The van der Waals surface area contributed by atoms with Gasteiger partial charge in [-0.05, 0) is 47.9 Å². The van der Waals surface area contributed by atoms with E-state index in [1.165, 1.54) is 71.9 Å². The zero-order chi connectivity index (χ0) is 23.6. The number of aromatic nitrogens is 2. The number of hydrogen-bond acceptors (Lipinski definition) is 0. The summed E-state index contributed by atoms with van der Waals surface area (Å²) in [5, 5.41) is 0. The van der Waals surface area contributed by atoms with Crippen LogP contribution in [0, 0.1) is 0 Å². The molecule has 0 radical (unpaired) electrons. The largest absolute Gasteiger partial charge is 0.201 e. The predicted molar refractivity (Wildman–Crippen MR) is 141 cm³/mol. The normalized spacial score (nSPS) is 11.0. The Kier molecular flexibility index (Phi) is 8.62. The fourth-order valence-electron chi connectivity index (χ4n) is 4.32. The third-order valence-corrected chi connectivity index (χ3v) is 6.53. The molecule has 0 bridgehead atoms. The Morgan fingerprint density at radius 1 is 0.441 bits per heavy atom. The van der Waals surface area contributed by atoms with Gasteiger partial charge in [0.1, 0.15) is 0 Å². The Morgan fingerprint density at radius 2 is 0.765 bits per heavy atom. The molecular weight excluding hydrogens is 412 g/mol. The number of nitrogens with zero attached hydrogens (tertiary/aromatic N) is 2. The molecule has 2 nitrogen and oxygen atoms in total. The van der Waals surface area contributed by atoms with Gasteiger partial charge in [0, 0.05) is 35.4 Å². The quantitative estimate of drug-likeness (QED) is 0.224. The van der Waals surface area contributed by atoms with Gasteiger partial charge in [-0.1, -0.05) is 75.2 Å². The second-order valence-electron chi connectivity index (χ2n) is 9.36. The first kappa shape index (κ1) is 23.9. The molecule has 2 aromatic heterocycles. The zero-order valence-electron chi connectivity index (χ0n) is 20.8. The van der Waals surface area contributed by atoms with Crippen molar-refractivity contribution in [3.63, 3.8) is 0 Å². The summed E-state index contributed by atoms with van der Waals surface area (Å²) in [7, 11) is 0. The maximum atomic E-state index is 2.28. The monoisotopic (exact) mass is 450 g/mol. The summed E-state index contributed by atoms with van der Waals surface area (Å²) in [6, 6.07) is 27.0. The van der Waals surface area contributed by atoms with Gasteiger partial charge in [-0.3, -0.25) is 0 Å². The molecule has 2 heterocycles. The summed E-state index contributed by atoms with van der Waals surface area (Å²) in [5.74, 6) is 0. The van der Waals surface area contributed by atoms with E-state index in [1.807, 2.05) is 0 Å². The molecule has 0 unspecified atom stereocenters. The molecular formula is C32H38N2+2. The fourth-order valence-corrected chi connectivity index (χ4v) is 4.32. The van der Waals surface area contributed by atoms with Crippen molar-refractivity contribution in [3.05, 3.63) is 120 Å². The number of hydrogen-bond donors (Lipinski definition) is 0. The van der Waals surface area contributed by atoms with Crippen LogP contribution in [0.15, 0.2) is 97.6 Å². The highest BCUT2D eigenvalue weighted by molar-refractivity contribution is 5.60. The van der Waals surface area contributed by atoms with Gasteiger partial charge in [0.15, 0.2) is 37.9 Å². The maximum Gasteiger partial charge on any atom is 0.173 e. The Balaban J connectivity index is 1.33. The van der Waals surface area contributed by atoms with Crippen LogP contribution in [0.4, 0.5) is 0 Å². The second-order valence-corrected chi connectivity index (χ2v) is 9.36. The van der Waals surface area contributed by atoms with E-state index in [0.29, 0.717) is 0 Å². The van der Waals surface area contributed by atoms with Crippen molar-refractivity contribution < 1.29 is 9.13 Å². The molecule has 0 aliphatic rings. The van der Waals surface area contributed by atoms with Crippen molar-refractivity contribution in [1.29, 1.82) is 0 Å². The molecule has 0 aliphatic heterocycles. The van der Waals surface area contributed by atoms with Gasteiger partial charge < -0.3 is 0 Å². The summed E-state index contributed by atoms with van der Waals surface area (Å²) in [4.78, 5) is 0. The minimum atomic E-state index is 0.903. The molecule has 0 N–H and O–H groups in total. The molecule has 0 fully saturated rings. The van der Waals surface area contributed by atoms with Crippen molar-refractivity contribution in [3.8, 4) is 11.1 Å². The van der Waals surface area contributed by atoms with Gasteiger partial charge in [-0.25, -0.2) is 9.13 Å². The molecule has 0 aliphatic carbocycles. The summed E-state index contributed by atoms with van der Waals surface area (Å²) >= 11 is 0. The first-order valence-electron chi connectivity index (χ1n) is 12.9. The van der Waals surface area contributed by atoms with Crippen LogP contribution in [0.25, 0.3) is 11.1 Å². The van der Waals surface area contributed by atoms with Crippen LogP contribution in [0.3, 0.4) is 0 Å². The van der Waals surface area contributed by atoms with Crippen molar-refractivity contribution in [2.45, 2.75) is 65.5 Å². The molecule has 34 heavy (non-hydrogen) atoms. The topological polar surface area (TPSA) is 7.76 Å². The number of pyridine rings is 2. The Bertz CT molecular complexity index is 1030. The molecule has 0 saturated carbocycles. The number of benzene rings is 2. The van der Waals surface area contributed by atoms with Crippen LogP contribution < -0.4 is 9.13 Å². The molecule has 2 aromatic carbocycles. The zero-order valence-corrected chi connectivity index (χ0v) is 20.8. The lowest BCUT2D eigenvalue weighted by atomic mass is 10.1. The molecule has 0 atom stereocenters. The lowest BCUT2D eigenvalue weighted by molar-refractivity contribution is -0.688. The highest BCUT2D eigenvalue weighted by Crippen LogP contribution is 2.16. The number of unbranched alkanes of at least 4 members (excludes halogenated alkanes) is 2. The maximum absolute atomic E-state index is 2.28. The molecule has 4 rings (SSSR count). The van der Waals surface area contributed by atoms with Gasteiger partial charge in [0.25, 0.3) is 0 Å². The van der Waals surface area contributed by atoms with E-state index in [0.717, 1.165) is 13.1 Å². The number of aryl methyl sites for hydroxylation is 2.